The molecular weight excluding hydrogens is 372 g/mol. The summed E-state index contributed by atoms with van der Waals surface area (Å²) >= 11 is 0. The number of hydrogen-bond acceptors (Lipinski definition) is 7. The van der Waals surface area contributed by atoms with Gasteiger partial charge in [0, 0.05) is 17.7 Å². The molecule has 4 aromatic rings. The predicted octanol–water partition coefficient (Wildman–Crippen LogP) is 2.84. The molecule has 4 rings (SSSR count). The van der Waals surface area contributed by atoms with Gasteiger partial charge in [-0.3, -0.25) is 9.20 Å². The quantitative estimate of drug-likeness (QED) is 0.537. The van der Waals surface area contributed by atoms with Gasteiger partial charge in [0.25, 0.3) is 11.8 Å². The Morgan fingerprint density at radius 3 is 2.83 bits per heavy atom. The van der Waals surface area contributed by atoms with Crippen LogP contribution in [-0.4, -0.2) is 37.8 Å². The van der Waals surface area contributed by atoms with Gasteiger partial charge in [0.15, 0.2) is 17.3 Å². The third kappa shape index (κ3) is 3.66. The zero-order valence-corrected chi connectivity index (χ0v) is 16.3. The second kappa shape index (κ2) is 7.70. The van der Waals surface area contributed by atoms with Crippen LogP contribution in [-0.2, 0) is 6.54 Å². The van der Waals surface area contributed by atoms with E-state index in [1.807, 2.05) is 38.2 Å². The fourth-order valence-corrected chi connectivity index (χ4v) is 2.87. The van der Waals surface area contributed by atoms with Crippen LogP contribution in [0.15, 0.2) is 47.1 Å². The SMILES string of the molecule is COc1ccccc1C(=O)NCc1nnc2cc(-c3nc(C(C)C)no3)ccn12. The number of amides is 1. The molecular formula is C20H20N6O3. The highest BCUT2D eigenvalue weighted by Gasteiger charge is 2.15. The van der Waals surface area contributed by atoms with Crippen molar-refractivity contribution in [3.05, 3.63) is 59.8 Å². The van der Waals surface area contributed by atoms with E-state index in [2.05, 4.69) is 25.7 Å². The number of para-hydroxylation sites is 1. The molecule has 148 valence electrons. The Morgan fingerprint density at radius 1 is 1.24 bits per heavy atom. The minimum Gasteiger partial charge on any atom is -0.496 e. The fraction of sp³-hybridized carbons (Fsp3) is 0.250. The van der Waals surface area contributed by atoms with E-state index >= 15 is 0 Å². The molecule has 1 aromatic carbocycles. The maximum Gasteiger partial charge on any atom is 0.258 e. The summed E-state index contributed by atoms with van der Waals surface area (Å²) in [6, 6.07) is 10.7. The van der Waals surface area contributed by atoms with Gasteiger partial charge < -0.3 is 14.6 Å². The summed E-state index contributed by atoms with van der Waals surface area (Å²) in [5.74, 6) is 2.14. The van der Waals surface area contributed by atoms with Gasteiger partial charge in [0.1, 0.15) is 5.75 Å². The average Bonchev–Trinajstić information content (AvgIpc) is 3.39. The second-order valence-electron chi connectivity index (χ2n) is 6.76. The molecule has 1 amide bonds. The number of carbonyl (C=O) groups is 1. The topological polar surface area (TPSA) is 107 Å². The summed E-state index contributed by atoms with van der Waals surface area (Å²) in [6.45, 7) is 4.22. The van der Waals surface area contributed by atoms with Gasteiger partial charge in [-0.25, -0.2) is 0 Å². The van der Waals surface area contributed by atoms with E-state index in [4.69, 9.17) is 9.26 Å². The summed E-state index contributed by atoms with van der Waals surface area (Å²) in [4.78, 5) is 16.9. The molecule has 9 heteroatoms. The lowest BCUT2D eigenvalue weighted by atomic mass is 10.2. The van der Waals surface area contributed by atoms with Crippen LogP contribution < -0.4 is 10.1 Å². The standard InChI is InChI=1S/C20H20N6O3/c1-12(2)18-22-20(29-25-18)13-8-9-26-16(10-13)23-24-17(26)11-21-19(27)14-6-4-5-7-15(14)28-3/h4-10,12H,11H2,1-3H3,(H,21,27). The third-order valence-electron chi connectivity index (χ3n) is 4.44. The first-order valence-electron chi connectivity index (χ1n) is 9.15. The highest BCUT2D eigenvalue weighted by Crippen LogP contribution is 2.21. The van der Waals surface area contributed by atoms with Crippen LogP contribution in [0.5, 0.6) is 5.75 Å². The molecule has 0 radical (unpaired) electrons. The highest BCUT2D eigenvalue weighted by molar-refractivity contribution is 5.96. The molecule has 0 bridgehead atoms. The van der Waals surface area contributed by atoms with Gasteiger partial charge in [-0.1, -0.05) is 31.1 Å². The number of benzene rings is 1. The van der Waals surface area contributed by atoms with Crippen molar-refractivity contribution in [2.75, 3.05) is 7.11 Å². The maximum absolute atomic E-state index is 12.5. The Bertz CT molecular complexity index is 1160. The van der Waals surface area contributed by atoms with Crippen molar-refractivity contribution >= 4 is 11.6 Å². The molecule has 1 N–H and O–H groups in total. The lowest BCUT2D eigenvalue weighted by molar-refractivity contribution is 0.0946. The Morgan fingerprint density at radius 2 is 2.07 bits per heavy atom. The van der Waals surface area contributed by atoms with Crippen LogP contribution in [0, 0.1) is 0 Å². The van der Waals surface area contributed by atoms with Crippen molar-refractivity contribution < 1.29 is 14.1 Å². The van der Waals surface area contributed by atoms with E-state index in [0.29, 0.717) is 34.5 Å². The first-order valence-corrected chi connectivity index (χ1v) is 9.15. The molecule has 0 aliphatic carbocycles. The summed E-state index contributed by atoms with van der Waals surface area (Å²) < 4.78 is 12.4. The number of nitrogens with zero attached hydrogens (tertiary/aromatic N) is 5. The molecule has 0 fully saturated rings. The summed E-state index contributed by atoms with van der Waals surface area (Å²) in [6.07, 6.45) is 1.81. The van der Waals surface area contributed by atoms with Crippen LogP contribution in [0.25, 0.3) is 17.1 Å². The van der Waals surface area contributed by atoms with E-state index in [0.717, 1.165) is 5.56 Å². The number of ether oxygens (including phenoxy) is 1. The maximum atomic E-state index is 12.5. The molecule has 9 nitrogen and oxygen atoms in total. The number of methoxy groups -OCH3 is 1. The summed E-state index contributed by atoms with van der Waals surface area (Å²) in [5, 5.41) is 15.2. The first kappa shape index (κ1) is 18.6. The molecule has 0 spiro atoms. The van der Waals surface area contributed by atoms with Crippen molar-refractivity contribution in [1.29, 1.82) is 0 Å². The number of pyridine rings is 1. The van der Waals surface area contributed by atoms with Crippen molar-refractivity contribution in [3.63, 3.8) is 0 Å². The van der Waals surface area contributed by atoms with Crippen molar-refractivity contribution in [2.24, 2.45) is 0 Å². The van der Waals surface area contributed by atoms with Gasteiger partial charge in [-0.2, -0.15) is 4.98 Å². The minimum absolute atomic E-state index is 0.183. The Balaban J connectivity index is 1.52. The monoisotopic (exact) mass is 392 g/mol. The number of aromatic nitrogens is 5. The Hall–Kier alpha value is -3.75. The normalized spacial score (nSPS) is 11.2. The second-order valence-corrected chi connectivity index (χ2v) is 6.76. The predicted molar refractivity (Wildman–Crippen MR) is 105 cm³/mol. The number of rotatable bonds is 6. The number of hydrogen-bond donors (Lipinski definition) is 1. The largest absolute Gasteiger partial charge is 0.496 e. The van der Waals surface area contributed by atoms with Gasteiger partial charge in [-0.15, -0.1) is 10.2 Å². The third-order valence-corrected chi connectivity index (χ3v) is 4.44. The van der Waals surface area contributed by atoms with E-state index in [-0.39, 0.29) is 18.4 Å². The Labute approximate surface area is 166 Å². The van der Waals surface area contributed by atoms with Crippen LogP contribution in [0.3, 0.4) is 0 Å². The lowest BCUT2D eigenvalue weighted by Crippen LogP contribution is -2.24. The average molecular weight is 392 g/mol. The zero-order valence-electron chi connectivity index (χ0n) is 16.3. The van der Waals surface area contributed by atoms with E-state index in [9.17, 15) is 4.79 Å². The molecule has 0 aliphatic heterocycles. The van der Waals surface area contributed by atoms with E-state index < -0.39 is 0 Å². The molecule has 0 aliphatic rings. The van der Waals surface area contributed by atoms with Crippen molar-refractivity contribution in [3.8, 4) is 17.2 Å². The molecule has 3 aromatic heterocycles. The molecule has 0 saturated carbocycles. The lowest BCUT2D eigenvalue weighted by Gasteiger charge is -2.08. The van der Waals surface area contributed by atoms with Crippen LogP contribution in [0.4, 0.5) is 0 Å². The molecule has 0 unspecified atom stereocenters. The van der Waals surface area contributed by atoms with Gasteiger partial charge in [-0.05, 0) is 24.3 Å². The molecule has 3 heterocycles. The highest BCUT2D eigenvalue weighted by atomic mass is 16.5. The van der Waals surface area contributed by atoms with E-state index in [1.54, 1.807) is 22.6 Å². The number of nitrogens with one attached hydrogen (secondary N) is 1. The summed E-state index contributed by atoms with van der Waals surface area (Å²) in [7, 11) is 1.53. The minimum atomic E-state index is -0.247. The van der Waals surface area contributed by atoms with Gasteiger partial charge in [0.2, 0.25) is 0 Å². The fourth-order valence-electron chi connectivity index (χ4n) is 2.87. The van der Waals surface area contributed by atoms with E-state index in [1.165, 1.54) is 7.11 Å². The first-order chi connectivity index (χ1) is 14.1. The smallest absolute Gasteiger partial charge is 0.258 e. The molecule has 0 atom stereocenters. The number of carbonyl (C=O) groups excluding carboxylic acids is 1. The summed E-state index contributed by atoms with van der Waals surface area (Å²) in [5.41, 5.74) is 1.84. The zero-order chi connectivity index (χ0) is 20.4. The van der Waals surface area contributed by atoms with Crippen LogP contribution in [0.1, 0.15) is 41.8 Å². The molecule has 29 heavy (non-hydrogen) atoms. The van der Waals surface area contributed by atoms with Gasteiger partial charge >= 0.3 is 0 Å². The van der Waals surface area contributed by atoms with Crippen LogP contribution >= 0.6 is 0 Å². The van der Waals surface area contributed by atoms with Crippen LogP contribution in [0.2, 0.25) is 0 Å². The van der Waals surface area contributed by atoms with Gasteiger partial charge in [0.05, 0.1) is 19.2 Å². The molecule has 0 saturated heterocycles. The number of fused-ring (bicyclic) bond motifs is 1. The van der Waals surface area contributed by atoms with Crippen molar-refractivity contribution in [1.82, 2.24) is 30.1 Å². The van der Waals surface area contributed by atoms with Crippen molar-refractivity contribution in [2.45, 2.75) is 26.3 Å². The Kier molecular flexibility index (Phi) is 4.94.